The zero-order valence-electron chi connectivity index (χ0n) is 12.5. The SMILES string of the molecule is Cc1noc(C)c1CNC(=O)NC1CCCCCCC1. The first-order chi connectivity index (χ1) is 9.66. The summed E-state index contributed by atoms with van der Waals surface area (Å²) >= 11 is 0. The summed E-state index contributed by atoms with van der Waals surface area (Å²) in [5.41, 5.74) is 1.81. The predicted molar refractivity (Wildman–Crippen MR) is 77.5 cm³/mol. The van der Waals surface area contributed by atoms with Crippen LogP contribution in [0.25, 0.3) is 0 Å². The van der Waals surface area contributed by atoms with Crippen LogP contribution in [0.1, 0.15) is 62.0 Å². The van der Waals surface area contributed by atoms with E-state index < -0.39 is 0 Å². The van der Waals surface area contributed by atoms with Crippen LogP contribution in [0.5, 0.6) is 0 Å². The first-order valence-corrected chi connectivity index (χ1v) is 7.63. The normalized spacial score (nSPS) is 17.3. The standard InChI is InChI=1S/C15H25N3O2/c1-11-14(12(2)20-18-11)10-16-15(19)17-13-8-6-4-3-5-7-9-13/h13H,3-10H2,1-2H3,(H2,16,17,19). The van der Waals surface area contributed by atoms with Crippen molar-refractivity contribution in [3.63, 3.8) is 0 Å². The fraction of sp³-hybridized carbons (Fsp3) is 0.733. The summed E-state index contributed by atoms with van der Waals surface area (Å²) in [6.07, 6.45) is 8.55. The van der Waals surface area contributed by atoms with E-state index >= 15 is 0 Å². The van der Waals surface area contributed by atoms with Crippen LogP contribution in [0.3, 0.4) is 0 Å². The largest absolute Gasteiger partial charge is 0.361 e. The molecule has 5 nitrogen and oxygen atoms in total. The van der Waals surface area contributed by atoms with E-state index in [2.05, 4.69) is 15.8 Å². The van der Waals surface area contributed by atoms with Crippen molar-refractivity contribution in [1.29, 1.82) is 0 Å². The first kappa shape index (κ1) is 14.9. The summed E-state index contributed by atoms with van der Waals surface area (Å²) in [5, 5.41) is 9.87. The highest BCUT2D eigenvalue weighted by atomic mass is 16.5. The number of nitrogens with one attached hydrogen (secondary N) is 2. The lowest BCUT2D eigenvalue weighted by Crippen LogP contribution is -2.42. The molecule has 5 heteroatoms. The summed E-state index contributed by atoms with van der Waals surface area (Å²) in [4.78, 5) is 12.0. The average Bonchev–Trinajstić information content (AvgIpc) is 2.70. The number of hydrogen-bond acceptors (Lipinski definition) is 3. The topological polar surface area (TPSA) is 67.2 Å². The van der Waals surface area contributed by atoms with Crippen molar-refractivity contribution in [1.82, 2.24) is 15.8 Å². The van der Waals surface area contributed by atoms with Crippen molar-refractivity contribution in [2.45, 2.75) is 71.4 Å². The monoisotopic (exact) mass is 279 g/mol. The summed E-state index contributed by atoms with van der Waals surface area (Å²) in [7, 11) is 0. The fourth-order valence-electron chi connectivity index (χ4n) is 2.76. The Balaban J connectivity index is 1.77. The van der Waals surface area contributed by atoms with E-state index in [4.69, 9.17) is 4.52 Å². The van der Waals surface area contributed by atoms with E-state index in [9.17, 15) is 4.79 Å². The summed E-state index contributed by atoms with van der Waals surface area (Å²) in [6.45, 7) is 4.23. The summed E-state index contributed by atoms with van der Waals surface area (Å²) in [5.74, 6) is 0.772. The molecule has 1 fully saturated rings. The van der Waals surface area contributed by atoms with Gasteiger partial charge in [-0.15, -0.1) is 0 Å². The van der Waals surface area contributed by atoms with Gasteiger partial charge in [0, 0.05) is 18.2 Å². The van der Waals surface area contributed by atoms with Crippen LogP contribution >= 0.6 is 0 Å². The molecule has 112 valence electrons. The third kappa shape index (κ3) is 4.25. The molecule has 20 heavy (non-hydrogen) atoms. The van der Waals surface area contributed by atoms with Crippen molar-refractivity contribution in [2.75, 3.05) is 0 Å². The lowest BCUT2D eigenvalue weighted by Gasteiger charge is -2.21. The lowest BCUT2D eigenvalue weighted by atomic mass is 9.97. The molecule has 2 amide bonds. The van der Waals surface area contributed by atoms with Gasteiger partial charge in [0.25, 0.3) is 0 Å². The second kappa shape index (κ2) is 7.31. The number of aryl methyl sites for hydroxylation is 2. The Morgan fingerprint density at radius 2 is 1.85 bits per heavy atom. The van der Waals surface area contributed by atoms with Gasteiger partial charge in [0.1, 0.15) is 5.76 Å². The van der Waals surface area contributed by atoms with Gasteiger partial charge in [0.05, 0.1) is 5.69 Å². The Kier molecular flexibility index (Phi) is 5.44. The number of nitrogens with zero attached hydrogens (tertiary/aromatic N) is 1. The van der Waals surface area contributed by atoms with Crippen molar-refractivity contribution < 1.29 is 9.32 Å². The molecule has 0 unspecified atom stereocenters. The Hall–Kier alpha value is -1.52. The minimum Gasteiger partial charge on any atom is -0.361 e. The molecule has 2 rings (SSSR count). The molecule has 0 radical (unpaired) electrons. The zero-order chi connectivity index (χ0) is 14.4. The molecule has 0 atom stereocenters. The number of urea groups is 1. The van der Waals surface area contributed by atoms with Crippen LogP contribution in [-0.4, -0.2) is 17.2 Å². The minimum atomic E-state index is -0.0874. The van der Waals surface area contributed by atoms with E-state index in [1.165, 1.54) is 32.1 Å². The molecule has 2 N–H and O–H groups in total. The molecule has 0 saturated heterocycles. The minimum absolute atomic E-state index is 0.0874. The van der Waals surface area contributed by atoms with Crippen molar-refractivity contribution in [2.24, 2.45) is 0 Å². The van der Waals surface area contributed by atoms with Crippen molar-refractivity contribution in [3.8, 4) is 0 Å². The number of carbonyl (C=O) groups excluding carboxylic acids is 1. The molecule has 1 saturated carbocycles. The van der Waals surface area contributed by atoms with Gasteiger partial charge in [0.2, 0.25) is 0 Å². The van der Waals surface area contributed by atoms with Crippen LogP contribution in [0.4, 0.5) is 4.79 Å². The van der Waals surface area contributed by atoms with Gasteiger partial charge in [-0.25, -0.2) is 4.79 Å². The van der Waals surface area contributed by atoms with Crippen LogP contribution in [-0.2, 0) is 6.54 Å². The first-order valence-electron chi connectivity index (χ1n) is 7.63. The summed E-state index contributed by atoms with van der Waals surface area (Å²) < 4.78 is 5.09. The quantitative estimate of drug-likeness (QED) is 0.892. The lowest BCUT2D eigenvalue weighted by molar-refractivity contribution is 0.233. The van der Waals surface area contributed by atoms with Crippen molar-refractivity contribution >= 4 is 6.03 Å². The second-order valence-electron chi connectivity index (χ2n) is 5.67. The molecular formula is C15H25N3O2. The predicted octanol–water partition coefficient (Wildman–Crippen LogP) is 3.20. The second-order valence-corrected chi connectivity index (χ2v) is 5.67. The molecule has 0 bridgehead atoms. The van der Waals surface area contributed by atoms with Gasteiger partial charge in [-0.2, -0.15) is 0 Å². The third-order valence-corrected chi connectivity index (χ3v) is 4.05. The third-order valence-electron chi connectivity index (χ3n) is 4.05. The van der Waals surface area contributed by atoms with Crippen LogP contribution in [0.2, 0.25) is 0 Å². The van der Waals surface area contributed by atoms with Crippen LogP contribution < -0.4 is 10.6 Å². The maximum absolute atomic E-state index is 12.0. The maximum atomic E-state index is 12.0. The molecular weight excluding hydrogens is 254 g/mol. The average molecular weight is 279 g/mol. The van der Waals surface area contributed by atoms with Gasteiger partial charge in [0.15, 0.2) is 0 Å². The fourth-order valence-corrected chi connectivity index (χ4v) is 2.76. The smallest absolute Gasteiger partial charge is 0.315 e. The van der Waals surface area contributed by atoms with Gasteiger partial charge in [-0.3, -0.25) is 0 Å². The van der Waals surface area contributed by atoms with Gasteiger partial charge in [-0.1, -0.05) is 37.3 Å². The zero-order valence-corrected chi connectivity index (χ0v) is 12.5. The van der Waals surface area contributed by atoms with Gasteiger partial charge in [-0.05, 0) is 26.7 Å². The van der Waals surface area contributed by atoms with E-state index in [1.54, 1.807) is 0 Å². The molecule has 1 aliphatic rings. The van der Waals surface area contributed by atoms with Crippen LogP contribution in [0.15, 0.2) is 4.52 Å². The van der Waals surface area contributed by atoms with Gasteiger partial charge < -0.3 is 15.2 Å². The Labute approximate surface area is 120 Å². The Morgan fingerprint density at radius 3 is 2.45 bits per heavy atom. The number of carbonyl (C=O) groups is 1. The molecule has 1 aromatic rings. The number of rotatable bonds is 3. The van der Waals surface area contributed by atoms with Gasteiger partial charge >= 0.3 is 6.03 Å². The maximum Gasteiger partial charge on any atom is 0.315 e. The highest BCUT2D eigenvalue weighted by molar-refractivity contribution is 5.74. The van der Waals surface area contributed by atoms with E-state index in [1.807, 2.05) is 13.8 Å². The molecule has 0 spiro atoms. The summed E-state index contributed by atoms with van der Waals surface area (Å²) in [6, 6.07) is 0.232. The molecule has 0 aromatic carbocycles. The highest BCUT2D eigenvalue weighted by Gasteiger charge is 2.15. The van der Waals surface area contributed by atoms with Crippen LogP contribution in [0, 0.1) is 13.8 Å². The number of hydrogen-bond donors (Lipinski definition) is 2. The Morgan fingerprint density at radius 1 is 1.20 bits per heavy atom. The molecule has 1 aromatic heterocycles. The molecule has 1 heterocycles. The highest BCUT2D eigenvalue weighted by Crippen LogP contribution is 2.17. The number of aromatic nitrogens is 1. The number of amides is 2. The van der Waals surface area contributed by atoms with E-state index in [0.29, 0.717) is 12.6 Å². The molecule has 1 aliphatic carbocycles. The Bertz CT molecular complexity index is 415. The van der Waals surface area contributed by atoms with E-state index in [-0.39, 0.29) is 6.03 Å². The van der Waals surface area contributed by atoms with Crippen molar-refractivity contribution in [3.05, 3.63) is 17.0 Å². The van der Waals surface area contributed by atoms with E-state index in [0.717, 1.165) is 29.9 Å². The molecule has 0 aliphatic heterocycles.